The van der Waals surface area contributed by atoms with Crippen LogP contribution in [0.1, 0.15) is 0 Å². The molecule has 14 heavy (non-hydrogen) atoms. The van der Waals surface area contributed by atoms with E-state index in [1.165, 1.54) is 6.07 Å². The number of nitrogen functional groups attached to an aromatic ring is 1. The van der Waals surface area contributed by atoms with E-state index in [-0.39, 0.29) is 21.5 Å². The molecule has 1 aromatic carbocycles. The fourth-order valence-electron chi connectivity index (χ4n) is 0.874. The summed E-state index contributed by atoms with van der Waals surface area (Å²) in [6.45, 7) is 0. The predicted octanol–water partition coefficient (Wildman–Crippen LogP) is -0.499. The molecule has 0 atom stereocenters. The van der Waals surface area contributed by atoms with E-state index in [0.29, 0.717) is 0 Å². The molecule has 0 bridgehead atoms. The minimum atomic E-state index is -3.88. The van der Waals surface area contributed by atoms with Crippen molar-refractivity contribution >= 4 is 21.4 Å². The van der Waals surface area contributed by atoms with Gasteiger partial charge in [0, 0.05) is 0 Å². The third kappa shape index (κ3) is 2.12. The summed E-state index contributed by atoms with van der Waals surface area (Å²) in [7, 11) is -3.88. The molecule has 0 spiro atoms. The van der Waals surface area contributed by atoms with Crippen LogP contribution in [0.25, 0.3) is 0 Å². The highest BCUT2D eigenvalue weighted by atomic mass is 32.2. The standard InChI is InChI=1S/C6H9N3O4S/c7-5-2-1-4(14(8,12)13)3-6(5)9(10)11/h1-3,10-11H,7H2,(H2,8,12,13). The zero-order valence-electron chi connectivity index (χ0n) is 6.95. The second-order valence-corrected chi connectivity index (χ2v) is 4.12. The monoisotopic (exact) mass is 219 g/mol. The van der Waals surface area contributed by atoms with Gasteiger partial charge in [0.2, 0.25) is 10.0 Å². The van der Waals surface area contributed by atoms with E-state index in [2.05, 4.69) is 0 Å². The maximum absolute atomic E-state index is 10.9. The van der Waals surface area contributed by atoms with Crippen LogP contribution in [0, 0.1) is 0 Å². The molecular formula is C6H9N3O4S. The Morgan fingerprint density at radius 3 is 2.29 bits per heavy atom. The number of nitrogens with two attached hydrogens (primary N) is 2. The largest absolute Gasteiger partial charge is 0.397 e. The van der Waals surface area contributed by atoms with Gasteiger partial charge in [-0.2, -0.15) is 0 Å². The SMILES string of the molecule is Nc1ccc(S(N)(=O)=O)cc1N(O)O. The minimum Gasteiger partial charge on any atom is -0.397 e. The van der Waals surface area contributed by atoms with Crippen LogP contribution in [0.4, 0.5) is 11.4 Å². The minimum absolute atomic E-state index is 0.0161. The number of primary sulfonamides is 1. The summed E-state index contributed by atoms with van der Waals surface area (Å²) in [6, 6.07) is 3.32. The summed E-state index contributed by atoms with van der Waals surface area (Å²) in [5.74, 6) is 0. The Labute approximate surface area is 80.1 Å². The number of anilines is 2. The maximum Gasteiger partial charge on any atom is 0.238 e. The molecule has 1 aromatic rings. The van der Waals surface area contributed by atoms with Crippen molar-refractivity contribution in [3.8, 4) is 0 Å². The first-order chi connectivity index (χ1) is 6.32. The Bertz CT molecular complexity index is 442. The highest BCUT2D eigenvalue weighted by molar-refractivity contribution is 7.89. The van der Waals surface area contributed by atoms with Crippen molar-refractivity contribution in [3.63, 3.8) is 0 Å². The van der Waals surface area contributed by atoms with Crippen molar-refractivity contribution in [2.24, 2.45) is 5.14 Å². The third-order valence-electron chi connectivity index (χ3n) is 1.55. The van der Waals surface area contributed by atoms with Crippen LogP contribution < -0.4 is 16.1 Å². The number of benzene rings is 1. The summed E-state index contributed by atoms with van der Waals surface area (Å²) in [6.07, 6.45) is 0. The summed E-state index contributed by atoms with van der Waals surface area (Å²) in [5.41, 5.74) is 5.10. The fourth-order valence-corrected chi connectivity index (χ4v) is 1.41. The fraction of sp³-hybridized carbons (Fsp3) is 0. The molecule has 0 radical (unpaired) electrons. The topological polar surface area (TPSA) is 130 Å². The molecule has 0 fully saturated rings. The van der Waals surface area contributed by atoms with Crippen molar-refractivity contribution < 1.29 is 18.8 Å². The molecule has 7 nitrogen and oxygen atoms in total. The third-order valence-corrected chi connectivity index (χ3v) is 2.46. The lowest BCUT2D eigenvalue weighted by atomic mass is 10.3. The van der Waals surface area contributed by atoms with Crippen LogP contribution >= 0.6 is 0 Å². The molecule has 0 aliphatic carbocycles. The van der Waals surface area contributed by atoms with Gasteiger partial charge in [0.25, 0.3) is 0 Å². The predicted molar refractivity (Wildman–Crippen MR) is 48.3 cm³/mol. The van der Waals surface area contributed by atoms with E-state index >= 15 is 0 Å². The lowest BCUT2D eigenvalue weighted by Gasteiger charge is -2.11. The summed E-state index contributed by atoms with van der Waals surface area (Å²) in [5, 5.41) is 21.9. The molecular weight excluding hydrogens is 210 g/mol. The van der Waals surface area contributed by atoms with Gasteiger partial charge < -0.3 is 5.73 Å². The van der Waals surface area contributed by atoms with E-state index in [1.807, 2.05) is 0 Å². The van der Waals surface area contributed by atoms with E-state index in [1.54, 1.807) is 0 Å². The van der Waals surface area contributed by atoms with Crippen LogP contribution in [0.2, 0.25) is 0 Å². The van der Waals surface area contributed by atoms with Gasteiger partial charge in [0.05, 0.1) is 10.6 Å². The van der Waals surface area contributed by atoms with Crippen LogP contribution in [0.3, 0.4) is 0 Å². The molecule has 0 aliphatic rings. The first kappa shape index (κ1) is 10.7. The Morgan fingerprint density at radius 1 is 1.29 bits per heavy atom. The zero-order chi connectivity index (χ0) is 10.9. The van der Waals surface area contributed by atoms with E-state index < -0.39 is 10.0 Å². The first-order valence-corrected chi connectivity index (χ1v) is 4.97. The molecule has 0 amide bonds. The van der Waals surface area contributed by atoms with Gasteiger partial charge in [-0.25, -0.2) is 13.6 Å². The number of hydrogen-bond donors (Lipinski definition) is 4. The van der Waals surface area contributed by atoms with Crippen molar-refractivity contribution in [3.05, 3.63) is 18.2 Å². The second-order valence-electron chi connectivity index (χ2n) is 2.56. The Morgan fingerprint density at radius 2 is 1.86 bits per heavy atom. The van der Waals surface area contributed by atoms with Crippen LogP contribution in [0.15, 0.2) is 23.1 Å². The van der Waals surface area contributed by atoms with Gasteiger partial charge in [-0.15, -0.1) is 5.23 Å². The Balaban J connectivity index is 3.34. The van der Waals surface area contributed by atoms with Crippen molar-refractivity contribution in [1.29, 1.82) is 0 Å². The Hall–Kier alpha value is -1.35. The van der Waals surface area contributed by atoms with Gasteiger partial charge in [-0.3, -0.25) is 10.4 Å². The van der Waals surface area contributed by atoms with Gasteiger partial charge in [-0.05, 0) is 18.2 Å². The van der Waals surface area contributed by atoms with Crippen LogP contribution in [-0.2, 0) is 10.0 Å². The molecule has 0 saturated heterocycles. The lowest BCUT2D eigenvalue weighted by Crippen LogP contribution is -2.16. The number of rotatable bonds is 2. The van der Waals surface area contributed by atoms with E-state index in [0.717, 1.165) is 12.1 Å². The average molecular weight is 219 g/mol. The molecule has 0 aromatic heterocycles. The highest BCUT2D eigenvalue weighted by Gasteiger charge is 2.12. The van der Waals surface area contributed by atoms with Gasteiger partial charge in [0.1, 0.15) is 5.69 Å². The average Bonchev–Trinajstić information content (AvgIpc) is 2.02. The number of hydrogen-bond acceptors (Lipinski definition) is 6. The van der Waals surface area contributed by atoms with Gasteiger partial charge in [0.15, 0.2) is 0 Å². The number of nitrogens with zero attached hydrogens (tertiary/aromatic N) is 1. The molecule has 0 unspecified atom stereocenters. The first-order valence-electron chi connectivity index (χ1n) is 3.42. The van der Waals surface area contributed by atoms with Gasteiger partial charge in [-0.1, -0.05) is 0 Å². The molecule has 8 heteroatoms. The lowest BCUT2D eigenvalue weighted by molar-refractivity contribution is 0.0295. The molecule has 78 valence electrons. The summed E-state index contributed by atoms with van der Waals surface area (Å²) in [4.78, 5) is -0.255. The zero-order valence-corrected chi connectivity index (χ0v) is 7.77. The normalized spacial score (nSPS) is 11.4. The number of sulfonamides is 1. The molecule has 6 N–H and O–H groups in total. The van der Waals surface area contributed by atoms with Crippen molar-refractivity contribution in [2.75, 3.05) is 11.0 Å². The van der Waals surface area contributed by atoms with Crippen molar-refractivity contribution in [1.82, 2.24) is 0 Å². The highest BCUT2D eigenvalue weighted by Crippen LogP contribution is 2.23. The van der Waals surface area contributed by atoms with E-state index in [9.17, 15) is 8.42 Å². The van der Waals surface area contributed by atoms with E-state index in [4.69, 9.17) is 21.3 Å². The summed E-state index contributed by atoms with van der Waals surface area (Å²) >= 11 is 0. The second kappa shape index (κ2) is 3.42. The van der Waals surface area contributed by atoms with Crippen molar-refractivity contribution in [2.45, 2.75) is 4.90 Å². The quantitative estimate of drug-likeness (QED) is 0.392. The van der Waals surface area contributed by atoms with Crippen LogP contribution in [0.5, 0.6) is 0 Å². The smallest absolute Gasteiger partial charge is 0.238 e. The molecule has 0 saturated carbocycles. The molecule has 0 aliphatic heterocycles. The Kier molecular flexibility index (Phi) is 2.62. The summed E-state index contributed by atoms with van der Waals surface area (Å²) < 4.78 is 21.7. The van der Waals surface area contributed by atoms with Gasteiger partial charge >= 0.3 is 0 Å². The van der Waals surface area contributed by atoms with Crippen LogP contribution in [-0.4, -0.2) is 18.8 Å². The molecule has 0 heterocycles. The maximum atomic E-state index is 10.9. The molecule has 1 rings (SSSR count).